The fourth-order valence-corrected chi connectivity index (χ4v) is 2.93. The molecule has 8 nitrogen and oxygen atoms in total. The van der Waals surface area contributed by atoms with E-state index in [4.69, 9.17) is 11.3 Å². The lowest BCUT2D eigenvalue weighted by molar-refractivity contribution is 0.329. The van der Waals surface area contributed by atoms with Crippen LogP contribution in [0.5, 0.6) is 5.75 Å². The number of aromatic amines is 1. The van der Waals surface area contributed by atoms with E-state index in [2.05, 4.69) is 35.6 Å². The van der Waals surface area contributed by atoms with Crippen LogP contribution >= 0.6 is 11.8 Å². The Hall–Kier alpha value is -3.25. The van der Waals surface area contributed by atoms with Gasteiger partial charge in [0.2, 0.25) is 5.69 Å². The van der Waals surface area contributed by atoms with Crippen molar-refractivity contribution in [3.8, 4) is 5.75 Å². The standard InChI is InChI=1S/C19H21N7OS/c1-12-10-15(23-16-11-17(28-4)26-25-16)24-19(18(12)20-3)22-8-9-27-14-6-5-7-21-13(14)2/h5-7,10-11H,8-9H2,1-2,4H3,(H3,22,23,24,25,26). The molecule has 9 heteroatoms. The van der Waals surface area contributed by atoms with E-state index in [1.54, 1.807) is 18.0 Å². The SMILES string of the molecule is [C-]#[N+]c1c(C)cc(Nc2cc(SC)n[nH]2)nc1NCCOc1cccnc1C. The fraction of sp³-hybridized carbons (Fsp3) is 0.263. The number of anilines is 3. The minimum absolute atomic E-state index is 0.431. The maximum atomic E-state index is 7.45. The quantitative estimate of drug-likeness (QED) is 0.297. The zero-order valence-corrected chi connectivity index (χ0v) is 16.7. The molecular formula is C19H21N7OS. The maximum Gasteiger partial charge on any atom is 0.231 e. The molecule has 0 aliphatic heterocycles. The molecule has 0 atom stereocenters. The first kappa shape index (κ1) is 19.5. The molecule has 0 bridgehead atoms. The number of H-pyrrole nitrogens is 1. The Morgan fingerprint density at radius 2 is 2.18 bits per heavy atom. The molecular weight excluding hydrogens is 374 g/mol. The summed E-state index contributed by atoms with van der Waals surface area (Å²) in [5, 5.41) is 14.4. The number of thioether (sulfide) groups is 1. The number of aryl methyl sites for hydroxylation is 2. The van der Waals surface area contributed by atoms with Gasteiger partial charge in [-0.05, 0) is 43.9 Å². The second-order valence-corrected chi connectivity index (χ2v) is 6.77. The van der Waals surface area contributed by atoms with Crippen molar-refractivity contribution in [2.24, 2.45) is 0 Å². The van der Waals surface area contributed by atoms with Crippen molar-refractivity contribution in [2.45, 2.75) is 18.9 Å². The second kappa shape index (κ2) is 9.10. The van der Waals surface area contributed by atoms with E-state index in [1.807, 2.05) is 44.4 Å². The molecule has 0 unspecified atom stereocenters. The van der Waals surface area contributed by atoms with E-state index in [0.29, 0.717) is 30.5 Å². The molecule has 3 aromatic rings. The molecule has 0 aliphatic carbocycles. The van der Waals surface area contributed by atoms with Crippen LogP contribution in [0.15, 0.2) is 35.5 Å². The van der Waals surface area contributed by atoms with Crippen molar-refractivity contribution < 1.29 is 4.74 Å². The highest BCUT2D eigenvalue weighted by atomic mass is 32.2. The smallest absolute Gasteiger partial charge is 0.231 e. The normalized spacial score (nSPS) is 10.4. The summed E-state index contributed by atoms with van der Waals surface area (Å²) in [7, 11) is 0. The molecule has 0 fully saturated rings. The van der Waals surface area contributed by atoms with E-state index in [1.165, 1.54) is 0 Å². The molecule has 0 aromatic carbocycles. The number of pyridine rings is 2. The van der Waals surface area contributed by atoms with E-state index in [9.17, 15) is 0 Å². The van der Waals surface area contributed by atoms with Gasteiger partial charge in [-0.15, -0.1) is 11.8 Å². The zero-order chi connectivity index (χ0) is 19.9. The van der Waals surface area contributed by atoms with Gasteiger partial charge in [0.1, 0.15) is 34.8 Å². The summed E-state index contributed by atoms with van der Waals surface area (Å²) in [6, 6.07) is 7.47. The topological polar surface area (TPSA) is 92.1 Å². The fourth-order valence-electron chi connectivity index (χ4n) is 2.56. The average molecular weight is 395 g/mol. The van der Waals surface area contributed by atoms with Crippen LogP contribution in [0.3, 0.4) is 0 Å². The largest absolute Gasteiger partial charge is 0.490 e. The van der Waals surface area contributed by atoms with Gasteiger partial charge in [0.25, 0.3) is 0 Å². The van der Waals surface area contributed by atoms with Crippen LogP contribution in [0.1, 0.15) is 11.3 Å². The van der Waals surface area contributed by atoms with Crippen LogP contribution in [0.2, 0.25) is 0 Å². The Kier molecular flexibility index (Phi) is 6.34. The average Bonchev–Trinajstić information content (AvgIpc) is 3.14. The number of rotatable bonds is 8. The highest BCUT2D eigenvalue weighted by Crippen LogP contribution is 2.30. The van der Waals surface area contributed by atoms with Crippen molar-refractivity contribution >= 4 is 34.9 Å². The third-order valence-corrected chi connectivity index (χ3v) is 4.56. The molecule has 0 spiro atoms. The van der Waals surface area contributed by atoms with Gasteiger partial charge in [-0.25, -0.2) is 9.83 Å². The highest BCUT2D eigenvalue weighted by Gasteiger charge is 2.11. The van der Waals surface area contributed by atoms with Gasteiger partial charge >= 0.3 is 0 Å². The van der Waals surface area contributed by atoms with E-state index in [-0.39, 0.29) is 0 Å². The van der Waals surface area contributed by atoms with Crippen LogP contribution in [0, 0.1) is 20.4 Å². The van der Waals surface area contributed by atoms with E-state index < -0.39 is 0 Å². The highest BCUT2D eigenvalue weighted by molar-refractivity contribution is 7.98. The summed E-state index contributed by atoms with van der Waals surface area (Å²) in [5.74, 6) is 2.65. The van der Waals surface area contributed by atoms with Gasteiger partial charge in [-0.1, -0.05) is 0 Å². The lowest BCUT2D eigenvalue weighted by Gasteiger charge is -2.13. The summed E-state index contributed by atoms with van der Waals surface area (Å²) in [4.78, 5) is 12.3. The summed E-state index contributed by atoms with van der Waals surface area (Å²) < 4.78 is 5.74. The first-order chi connectivity index (χ1) is 13.6. The predicted octanol–water partition coefficient (Wildman–Crippen LogP) is 4.32. The Labute approximate surface area is 168 Å². The number of hydrogen-bond donors (Lipinski definition) is 3. The molecule has 3 aromatic heterocycles. The molecule has 3 heterocycles. The monoisotopic (exact) mass is 395 g/mol. The van der Waals surface area contributed by atoms with Gasteiger partial charge in [-0.2, -0.15) is 5.10 Å². The summed E-state index contributed by atoms with van der Waals surface area (Å²) in [6.07, 6.45) is 3.69. The minimum atomic E-state index is 0.431. The lowest BCUT2D eigenvalue weighted by atomic mass is 10.2. The predicted molar refractivity (Wildman–Crippen MR) is 112 cm³/mol. The number of aromatic nitrogens is 4. The van der Waals surface area contributed by atoms with Crippen molar-refractivity contribution in [2.75, 3.05) is 30.0 Å². The second-order valence-electron chi connectivity index (χ2n) is 5.94. The molecule has 0 saturated heterocycles. The van der Waals surface area contributed by atoms with Gasteiger partial charge in [0.05, 0.1) is 12.3 Å². The molecule has 0 saturated carbocycles. The number of nitrogens with zero attached hydrogens (tertiary/aromatic N) is 4. The first-order valence-corrected chi connectivity index (χ1v) is 9.87. The van der Waals surface area contributed by atoms with Crippen LogP contribution < -0.4 is 15.4 Å². The molecule has 144 valence electrons. The Morgan fingerprint density at radius 3 is 2.89 bits per heavy atom. The molecule has 0 amide bonds. The summed E-state index contributed by atoms with van der Waals surface area (Å²) >= 11 is 1.55. The first-order valence-electron chi connectivity index (χ1n) is 8.64. The molecule has 3 rings (SSSR count). The Balaban J connectivity index is 1.67. The van der Waals surface area contributed by atoms with Crippen molar-refractivity contribution in [1.82, 2.24) is 20.2 Å². The third kappa shape index (κ3) is 4.72. The molecule has 3 N–H and O–H groups in total. The Morgan fingerprint density at radius 1 is 1.32 bits per heavy atom. The van der Waals surface area contributed by atoms with Gasteiger partial charge < -0.3 is 15.4 Å². The van der Waals surface area contributed by atoms with Crippen LogP contribution in [-0.2, 0) is 0 Å². The van der Waals surface area contributed by atoms with Gasteiger partial charge in [-0.3, -0.25) is 10.1 Å². The maximum absolute atomic E-state index is 7.45. The van der Waals surface area contributed by atoms with E-state index >= 15 is 0 Å². The van der Waals surface area contributed by atoms with Crippen LogP contribution in [0.4, 0.5) is 23.1 Å². The lowest BCUT2D eigenvalue weighted by Crippen LogP contribution is -2.13. The molecule has 0 aliphatic rings. The number of hydrogen-bond acceptors (Lipinski definition) is 7. The number of nitrogens with one attached hydrogen (secondary N) is 3. The van der Waals surface area contributed by atoms with Gasteiger partial charge in [0, 0.05) is 18.8 Å². The number of ether oxygens (including phenoxy) is 1. The zero-order valence-electron chi connectivity index (χ0n) is 15.9. The van der Waals surface area contributed by atoms with Crippen molar-refractivity contribution in [1.29, 1.82) is 0 Å². The van der Waals surface area contributed by atoms with Crippen LogP contribution in [0.25, 0.3) is 4.85 Å². The van der Waals surface area contributed by atoms with Crippen molar-refractivity contribution in [3.05, 3.63) is 53.1 Å². The van der Waals surface area contributed by atoms with Crippen molar-refractivity contribution in [3.63, 3.8) is 0 Å². The summed E-state index contributed by atoms with van der Waals surface area (Å²) in [6.45, 7) is 12.2. The van der Waals surface area contributed by atoms with Crippen LogP contribution in [-0.4, -0.2) is 39.6 Å². The molecule has 28 heavy (non-hydrogen) atoms. The van der Waals surface area contributed by atoms with E-state index in [0.717, 1.165) is 27.9 Å². The molecule has 0 radical (unpaired) electrons. The summed E-state index contributed by atoms with van der Waals surface area (Å²) in [5.41, 5.74) is 2.18. The Bertz CT molecular complexity index is 996. The third-order valence-electron chi connectivity index (χ3n) is 3.93. The van der Waals surface area contributed by atoms with Gasteiger partial charge in [0.15, 0.2) is 0 Å². The minimum Gasteiger partial charge on any atom is -0.490 e.